The van der Waals surface area contributed by atoms with Gasteiger partial charge in [-0.2, -0.15) is 0 Å². The van der Waals surface area contributed by atoms with Crippen LogP contribution in [0.1, 0.15) is 19.9 Å². The summed E-state index contributed by atoms with van der Waals surface area (Å²) >= 11 is 6.80. The molecule has 0 radical (unpaired) electrons. The van der Waals surface area contributed by atoms with E-state index in [1.165, 1.54) is 4.57 Å². The van der Waals surface area contributed by atoms with Gasteiger partial charge in [0.1, 0.15) is 0 Å². The van der Waals surface area contributed by atoms with Crippen molar-refractivity contribution in [3.8, 4) is 11.4 Å². The first-order chi connectivity index (χ1) is 9.21. The number of halogens is 3. The van der Waals surface area contributed by atoms with Gasteiger partial charge in [0.05, 0.1) is 0 Å². The van der Waals surface area contributed by atoms with Crippen molar-refractivity contribution >= 4 is 51.6 Å². The summed E-state index contributed by atoms with van der Waals surface area (Å²) in [6.07, 6.45) is 0. The fraction of sp³-hybridized carbons (Fsp3) is 0.273. The Kier molecular flexibility index (Phi) is 4.58. The predicted octanol–water partition coefficient (Wildman–Crippen LogP) is 3.98. The lowest BCUT2D eigenvalue weighted by Crippen LogP contribution is -2.10. The van der Waals surface area contributed by atoms with Gasteiger partial charge in [0.15, 0.2) is 5.82 Å². The molecule has 0 saturated carbocycles. The van der Waals surface area contributed by atoms with Crippen molar-refractivity contribution in [2.75, 3.05) is 0 Å². The maximum atomic E-state index is 11.6. The van der Waals surface area contributed by atoms with Crippen LogP contribution in [0.2, 0.25) is 0 Å². The molecule has 0 bridgehead atoms. The zero-order valence-electron chi connectivity index (χ0n) is 10.5. The predicted molar refractivity (Wildman–Crippen MR) is 84.3 cm³/mol. The van der Waals surface area contributed by atoms with E-state index in [-0.39, 0.29) is 11.2 Å². The Morgan fingerprint density at radius 1 is 1.25 bits per heavy atom. The molecule has 108 valence electrons. The Morgan fingerprint density at radius 2 is 1.90 bits per heavy atom. The molecule has 2 rings (SSSR count). The van der Waals surface area contributed by atoms with Gasteiger partial charge in [-0.3, -0.25) is 4.57 Å². The van der Waals surface area contributed by atoms with Gasteiger partial charge >= 0.3 is 0 Å². The molecule has 0 unspecified atom stereocenters. The van der Waals surface area contributed by atoms with E-state index in [0.29, 0.717) is 5.82 Å². The SMILES string of the molecule is CC(C)n1c(-c2ccc(Br)cc2Br)nnc1S(=O)(=O)Cl. The Hall–Kier alpha value is -0.440. The topological polar surface area (TPSA) is 64.8 Å². The highest BCUT2D eigenvalue weighted by Gasteiger charge is 2.25. The molecule has 0 fully saturated rings. The maximum absolute atomic E-state index is 11.6. The molecule has 2 aromatic rings. The molecule has 5 nitrogen and oxygen atoms in total. The normalized spacial score (nSPS) is 12.1. The first kappa shape index (κ1) is 15.9. The van der Waals surface area contributed by atoms with Crippen LogP contribution >= 0.6 is 42.5 Å². The van der Waals surface area contributed by atoms with Crippen LogP contribution in [0.4, 0.5) is 0 Å². The fourth-order valence-electron chi connectivity index (χ4n) is 1.76. The second kappa shape index (κ2) is 5.75. The second-order valence-electron chi connectivity index (χ2n) is 4.33. The zero-order chi connectivity index (χ0) is 15.1. The summed E-state index contributed by atoms with van der Waals surface area (Å²) in [5.41, 5.74) is 0.737. The van der Waals surface area contributed by atoms with Gasteiger partial charge in [0, 0.05) is 31.2 Å². The van der Waals surface area contributed by atoms with Gasteiger partial charge in [0.25, 0.3) is 14.2 Å². The Morgan fingerprint density at radius 3 is 2.40 bits per heavy atom. The maximum Gasteiger partial charge on any atom is 0.296 e. The first-order valence-corrected chi connectivity index (χ1v) is 9.46. The minimum atomic E-state index is -3.95. The van der Waals surface area contributed by atoms with Crippen molar-refractivity contribution in [3.63, 3.8) is 0 Å². The number of hydrogen-bond acceptors (Lipinski definition) is 4. The monoisotopic (exact) mass is 441 g/mol. The molecule has 1 heterocycles. The number of benzene rings is 1. The minimum absolute atomic E-state index is 0.154. The molecule has 9 heteroatoms. The lowest BCUT2D eigenvalue weighted by molar-refractivity contribution is 0.530. The summed E-state index contributed by atoms with van der Waals surface area (Å²) in [6.45, 7) is 3.68. The molecular weight excluding hydrogens is 433 g/mol. The number of nitrogens with zero attached hydrogens (tertiary/aromatic N) is 3. The van der Waals surface area contributed by atoms with E-state index >= 15 is 0 Å². The van der Waals surface area contributed by atoms with E-state index < -0.39 is 9.05 Å². The number of aromatic nitrogens is 3. The van der Waals surface area contributed by atoms with Gasteiger partial charge in [-0.15, -0.1) is 10.2 Å². The molecule has 1 aromatic heterocycles. The number of hydrogen-bond donors (Lipinski definition) is 0. The Labute approximate surface area is 138 Å². The van der Waals surface area contributed by atoms with Crippen LogP contribution in [0.3, 0.4) is 0 Å². The molecule has 0 amide bonds. The third kappa shape index (κ3) is 3.08. The van der Waals surface area contributed by atoms with Crippen LogP contribution in [0, 0.1) is 0 Å². The quantitative estimate of drug-likeness (QED) is 0.673. The van der Waals surface area contributed by atoms with Crippen LogP contribution in [0.15, 0.2) is 32.3 Å². The van der Waals surface area contributed by atoms with E-state index in [1.54, 1.807) is 0 Å². The molecule has 0 aliphatic carbocycles. The van der Waals surface area contributed by atoms with Crippen molar-refractivity contribution in [2.24, 2.45) is 0 Å². The zero-order valence-corrected chi connectivity index (χ0v) is 15.3. The molecule has 0 atom stereocenters. The molecule has 0 aliphatic heterocycles. The van der Waals surface area contributed by atoms with E-state index in [9.17, 15) is 8.42 Å². The average Bonchev–Trinajstić information content (AvgIpc) is 2.72. The summed E-state index contributed by atoms with van der Waals surface area (Å²) in [5, 5.41) is 7.43. The first-order valence-electron chi connectivity index (χ1n) is 5.57. The largest absolute Gasteiger partial charge is 0.296 e. The summed E-state index contributed by atoms with van der Waals surface area (Å²) < 4.78 is 26.3. The molecular formula is C11H10Br2ClN3O2S. The summed E-state index contributed by atoms with van der Waals surface area (Å²) in [6, 6.07) is 5.36. The Bertz CT molecular complexity index is 759. The van der Waals surface area contributed by atoms with Crippen molar-refractivity contribution in [3.05, 3.63) is 27.1 Å². The third-order valence-corrected chi connectivity index (χ3v) is 4.85. The highest BCUT2D eigenvalue weighted by atomic mass is 79.9. The van der Waals surface area contributed by atoms with Crippen LogP contribution < -0.4 is 0 Å². The summed E-state index contributed by atoms with van der Waals surface area (Å²) in [4.78, 5) is 0. The lowest BCUT2D eigenvalue weighted by Gasteiger charge is -2.13. The van der Waals surface area contributed by atoms with Crippen molar-refractivity contribution in [1.82, 2.24) is 14.8 Å². The Balaban J connectivity index is 2.73. The molecule has 0 spiro atoms. The molecule has 1 aromatic carbocycles. The van der Waals surface area contributed by atoms with E-state index in [2.05, 4.69) is 42.1 Å². The van der Waals surface area contributed by atoms with Gasteiger partial charge < -0.3 is 0 Å². The molecule has 20 heavy (non-hydrogen) atoms. The lowest BCUT2D eigenvalue weighted by atomic mass is 10.2. The standard InChI is InChI=1S/C11H10Br2ClN3O2S/c1-6(2)17-10(15-16-11(17)20(14,18)19)8-4-3-7(12)5-9(8)13/h3-6H,1-2H3. The van der Waals surface area contributed by atoms with Crippen molar-refractivity contribution in [1.29, 1.82) is 0 Å². The molecule has 0 saturated heterocycles. The smallest absolute Gasteiger partial charge is 0.294 e. The third-order valence-electron chi connectivity index (χ3n) is 2.57. The van der Waals surface area contributed by atoms with Crippen molar-refractivity contribution in [2.45, 2.75) is 25.0 Å². The van der Waals surface area contributed by atoms with E-state index in [1.807, 2.05) is 32.0 Å². The molecule has 0 N–H and O–H groups in total. The van der Waals surface area contributed by atoms with Gasteiger partial charge in [-0.05, 0) is 48.0 Å². The van der Waals surface area contributed by atoms with E-state index in [0.717, 1.165) is 14.5 Å². The summed E-state index contributed by atoms with van der Waals surface area (Å²) in [5.74, 6) is 0.443. The minimum Gasteiger partial charge on any atom is -0.294 e. The van der Waals surface area contributed by atoms with Crippen molar-refractivity contribution < 1.29 is 8.42 Å². The van der Waals surface area contributed by atoms with Crippen LogP contribution in [-0.4, -0.2) is 23.2 Å². The van der Waals surface area contributed by atoms with Gasteiger partial charge in [0.2, 0.25) is 0 Å². The summed E-state index contributed by atoms with van der Waals surface area (Å²) in [7, 11) is 1.45. The van der Waals surface area contributed by atoms with Crippen LogP contribution in [-0.2, 0) is 9.05 Å². The van der Waals surface area contributed by atoms with Gasteiger partial charge in [-0.1, -0.05) is 15.9 Å². The second-order valence-corrected chi connectivity index (χ2v) is 8.56. The highest BCUT2D eigenvalue weighted by molar-refractivity contribution is 9.11. The van der Waals surface area contributed by atoms with Gasteiger partial charge in [-0.25, -0.2) is 8.42 Å². The highest BCUT2D eigenvalue weighted by Crippen LogP contribution is 2.32. The number of rotatable bonds is 3. The van der Waals surface area contributed by atoms with Crippen LogP contribution in [0.25, 0.3) is 11.4 Å². The van der Waals surface area contributed by atoms with Crippen LogP contribution in [0.5, 0.6) is 0 Å². The van der Waals surface area contributed by atoms with E-state index in [4.69, 9.17) is 10.7 Å². The molecule has 0 aliphatic rings. The fourth-order valence-corrected chi connectivity index (χ4v) is 3.97. The average molecular weight is 444 g/mol.